The molecule has 0 aliphatic rings. The summed E-state index contributed by atoms with van der Waals surface area (Å²) in [5.74, 6) is 1.83. The van der Waals surface area contributed by atoms with Crippen molar-refractivity contribution in [3.8, 4) is 5.75 Å². The number of nitrogens with one attached hydrogen (secondary N) is 1. The summed E-state index contributed by atoms with van der Waals surface area (Å²) in [5, 5.41) is 6.99. The molecule has 1 aromatic heterocycles. The van der Waals surface area contributed by atoms with E-state index in [1.165, 1.54) is 5.56 Å². The highest BCUT2D eigenvalue weighted by Crippen LogP contribution is 2.31. The summed E-state index contributed by atoms with van der Waals surface area (Å²) < 4.78 is 9.39. The lowest BCUT2D eigenvalue weighted by atomic mass is 9.87. The highest BCUT2D eigenvalue weighted by Gasteiger charge is 2.15. The van der Waals surface area contributed by atoms with Crippen LogP contribution in [0, 0.1) is 4.77 Å². The predicted molar refractivity (Wildman–Crippen MR) is 95.1 cm³/mol. The van der Waals surface area contributed by atoms with Crippen LogP contribution < -0.4 is 4.74 Å². The van der Waals surface area contributed by atoms with E-state index in [0.717, 1.165) is 28.9 Å². The van der Waals surface area contributed by atoms with Crippen molar-refractivity contribution in [2.24, 2.45) is 7.05 Å². The van der Waals surface area contributed by atoms with Gasteiger partial charge in [-0.1, -0.05) is 26.8 Å². The van der Waals surface area contributed by atoms with E-state index >= 15 is 0 Å². The molecule has 0 saturated heterocycles. The molecule has 120 valence electrons. The maximum atomic E-state index is 5.85. The average molecular weight is 384 g/mol. The number of nitrogens with zero attached hydrogens (tertiary/aromatic N) is 2. The predicted octanol–water partition coefficient (Wildman–Crippen LogP) is 4.55. The Hall–Kier alpha value is -1.14. The molecule has 0 amide bonds. The second-order valence-corrected chi connectivity index (χ2v) is 7.59. The van der Waals surface area contributed by atoms with Gasteiger partial charge in [0.2, 0.25) is 0 Å². The van der Waals surface area contributed by atoms with Gasteiger partial charge in [0.25, 0.3) is 0 Å². The number of aromatic nitrogens is 3. The molecule has 0 bridgehead atoms. The molecule has 0 atom stereocenters. The molecule has 4 nitrogen and oxygen atoms in total. The van der Waals surface area contributed by atoms with Gasteiger partial charge < -0.3 is 9.30 Å². The lowest BCUT2D eigenvalue weighted by molar-refractivity contribution is 0.307. The lowest BCUT2D eigenvalue weighted by Crippen LogP contribution is -2.11. The fourth-order valence-corrected chi connectivity index (χ4v) is 2.74. The van der Waals surface area contributed by atoms with Crippen LogP contribution in [-0.2, 0) is 18.9 Å². The molecule has 0 radical (unpaired) electrons. The first-order chi connectivity index (χ1) is 10.3. The Labute approximate surface area is 145 Å². The van der Waals surface area contributed by atoms with Crippen LogP contribution in [0.3, 0.4) is 0 Å². The summed E-state index contributed by atoms with van der Waals surface area (Å²) >= 11 is 8.69. The summed E-state index contributed by atoms with van der Waals surface area (Å²) in [7, 11) is 1.92. The molecule has 0 spiro atoms. The number of aromatic amines is 1. The Bertz CT molecular complexity index is 700. The zero-order valence-corrected chi connectivity index (χ0v) is 15.8. The van der Waals surface area contributed by atoms with Gasteiger partial charge in [-0.3, -0.25) is 5.10 Å². The third-order valence-corrected chi connectivity index (χ3v) is 4.56. The first-order valence-corrected chi connectivity index (χ1v) is 8.52. The van der Waals surface area contributed by atoms with Gasteiger partial charge in [0.05, 0.1) is 11.1 Å². The van der Waals surface area contributed by atoms with Gasteiger partial charge in [-0.05, 0) is 57.7 Å². The second kappa shape index (κ2) is 6.96. The number of halogens is 1. The second-order valence-electron chi connectivity index (χ2n) is 6.35. The summed E-state index contributed by atoms with van der Waals surface area (Å²) in [6.45, 7) is 7.25. The largest absolute Gasteiger partial charge is 0.492 e. The third kappa shape index (κ3) is 4.20. The SMILES string of the molecule is Cn1c(CCCOc2ccc(C(C)(C)C)cc2Br)n[nH]c1=S. The molecule has 1 N–H and O–H groups in total. The first kappa shape index (κ1) is 17.2. The van der Waals surface area contributed by atoms with Crippen LogP contribution in [0.5, 0.6) is 5.75 Å². The fraction of sp³-hybridized carbons (Fsp3) is 0.500. The third-order valence-electron chi connectivity index (χ3n) is 3.57. The Balaban J connectivity index is 1.90. The van der Waals surface area contributed by atoms with E-state index in [1.807, 2.05) is 17.7 Å². The Kier molecular flexibility index (Phi) is 5.45. The minimum absolute atomic E-state index is 0.137. The van der Waals surface area contributed by atoms with E-state index < -0.39 is 0 Å². The minimum Gasteiger partial charge on any atom is -0.492 e. The van der Waals surface area contributed by atoms with Crippen LogP contribution in [0.2, 0.25) is 0 Å². The number of H-pyrrole nitrogens is 1. The van der Waals surface area contributed by atoms with E-state index in [0.29, 0.717) is 11.4 Å². The average Bonchev–Trinajstić information content (AvgIpc) is 2.75. The smallest absolute Gasteiger partial charge is 0.194 e. The van der Waals surface area contributed by atoms with Gasteiger partial charge in [-0.25, -0.2) is 0 Å². The molecule has 0 aliphatic carbocycles. The Morgan fingerprint density at radius 1 is 1.36 bits per heavy atom. The van der Waals surface area contributed by atoms with E-state index in [9.17, 15) is 0 Å². The Morgan fingerprint density at radius 2 is 2.09 bits per heavy atom. The lowest BCUT2D eigenvalue weighted by Gasteiger charge is -2.20. The number of aryl methyl sites for hydroxylation is 1. The number of ether oxygens (including phenoxy) is 1. The first-order valence-electron chi connectivity index (χ1n) is 7.32. The van der Waals surface area contributed by atoms with E-state index in [1.54, 1.807) is 0 Å². The summed E-state index contributed by atoms with van der Waals surface area (Å²) in [6, 6.07) is 6.28. The van der Waals surface area contributed by atoms with Crippen LogP contribution in [0.15, 0.2) is 22.7 Å². The minimum atomic E-state index is 0.137. The van der Waals surface area contributed by atoms with Gasteiger partial charge in [0, 0.05) is 13.5 Å². The van der Waals surface area contributed by atoms with Crippen molar-refractivity contribution in [3.63, 3.8) is 0 Å². The topological polar surface area (TPSA) is 42.8 Å². The maximum absolute atomic E-state index is 5.85. The van der Waals surface area contributed by atoms with Gasteiger partial charge >= 0.3 is 0 Å². The fourth-order valence-electron chi connectivity index (χ4n) is 2.10. The van der Waals surface area contributed by atoms with Crippen molar-refractivity contribution in [2.45, 2.75) is 39.0 Å². The molecular weight excluding hydrogens is 362 g/mol. The molecule has 6 heteroatoms. The molecule has 2 rings (SSSR count). The molecule has 0 unspecified atom stereocenters. The standard InChI is InChI=1S/C16H22BrN3OS/c1-16(2,3)11-7-8-13(12(17)10-11)21-9-5-6-14-18-19-15(22)20(14)4/h7-8,10H,5-6,9H2,1-4H3,(H,19,22). The maximum Gasteiger partial charge on any atom is 0.194 e. The van der Waals surface area contributed by atoms with Crippen LogP contribution >= 0.6 is 28.1 Å². The molecule has 2 aromatic rings. The highest BCUT2D eigenvalue weighted by molar-refractivity contribution is 9.10. The zero-order valence-electron chi connectivity index (χ0n) is 13.4. The van der Waals surface area contributed by atoms with Crippen molar-refractivity contribution in [3.05, 3.63) is 38.8 Å². The van der Waals surface area contributed by atoms with Crippen LogP contribution in [0.25, 0.3) is 0 Å². The quantitative estimate of drug-likeness (QED) is 0.608. The van der Waals surface area contributed by atoms with Gasteiger partial charge in [0.1, 0.15) is 11.6 Å². The van der Waals surface area contributed by atoms with Crippen LogP contribution in [-0.4, -0.2) is 21.4 Å². The van der Waals surface area contributed by atoms with Crippen LogP contribution in [0.4, 0.5) is 0 Å². The normalized spacial score (nSPS) is 11.7. The molecule has 22 heavy (non-hydrogen) atoms. The number of hydrogen-bond donors (Lipinski definition) is 1. The molecule has 0 aliphatic heterocycles. The zero-order chi connectivity index (χ0) is 16.3. The summed E-state index contributed by atoms with van der Waals surface area (Å²) in [4.78, 5) is 0. The number of rotatable bonds is 5. The van der Waals surface area contributed by atoms with E-state index in [2.05, 4.69) is 59.0 Å². The molecular formula is C16H22BrN3OS. The van der Waals surface area contributed by atoms with Crippen molar-refractivity contribution in [1.29, 1.82) is 0 Å². The van der Waals surface area contributed by atoms with E-state index in [4.69, 9.17) is 17.0 Å². The van der Waals surface area contributed by atoms with Crippen molar-refractivity contribution in [2.75, 3.05) is 6.61 Å². The van der Waals surface area contributed by atoms with Gasteiger partial charge in [-0.2, -0.15) is 5.10 Å². The highest BCUT2D eigenvalue weighted by atomic mass is 79.9. The number of benzene rings is 1. The summed E-state index contributed by atoms with van der Waals surface area (Å²) in [6.07, 6.45) is 1.72. The van der Waals surface area contributed by atoms with Crippen LogP contribution in [0.1, 0.15) is 38.6 Å². The van der Waals surface area contributed by atoms with Gasteiger partial charge in [-0.15, -0.1) is 0 Å². The molecule has 0 saturated carbocycles. The number of hydrogen-bond acceptors (Lipinski definition) is 3. The van der Waals surface area contributed by atoms with E-state index in [-0.39, 0.29) is 5.41 Å². The summed E-state index contributed by atoms with van der Waals surface area (Å²) in [5.41, 5.74) is 1.42. The van der Waals surface area contributed by atoms with Crippen molar-refractivity contribution >= 4 is 28.1 Å². The van der Waals surface area contributed by atoms with Crippen molar-refractivity contribution < 1.29 is 4.74 Å². The molecule has 1 heterocycles. The monoisotopic (exact) mass is 383 g/mol. The molecule has 0 fully saturated rings. The van der Waals surface area contributed by atoms with Crippen molar-refractivity contribution in [1.82, 2.24) is 14.8 Å². The molecule has 1 aromatic carbocycles. The van der Waals surface area contributed by atoms with Gasteiger partial charge in [0.15, 0.2) is 4.77 Å². The Morgan fingerprint density at radius 3 is 2.64 bits per heavy atom.